The van der Waals surface area contributed by atoms with Crippen LogP contribution in [0.5, 0.6) is 0 Å². The Morgan fingerprint density at radius 3 is 2.55 bits per heavy atom. The van der Waals surface area contributed by atoms with Crippen LogP contribution < -0.4 is 5.73 Å². The monoisotopic (exact) mass is 158 g/mol. The number of likely N-dealkylation sites (N-methyl/N-ethyl adjacent to an activating group) is 1. The van der Waals surface area contributed by atoms with Crippen LogP contribution in [0.25, 0.3) is 0 Å². The molecule has 1 unspecified atom stereocenters. The smallest absolute Gasteiger partial charge is 0.231 e. The lowest BCUT2D eigenvalue weighted by Crippen LogP contribution is -2.33. The first kappa shape index (κ1) is 10.4. The number of rotatable bonds is 5. The second-order valence-corrected chi connectivity index (χ2v) is 3.18. The molecule has 66 valence electrons. The lowest BCUT2D eigenvalue weighted by Gasteiger charge is -2.18. The van der Waals surface area contributed by atoms with Gasteiger partial charge in [-0.3, -0.25) is 9.69 Å². The molecule has 0 aromatic carbocycles. The number of hydrogen-bond acceptors (Lipinski definition) is 2. The summed E-state index contributed by atoms with van der Waals surface area (Å²) < 4.78 is 0. The van der Waals surface area contributed by atoms with E-state index in [-0.39, 0.29) is 5.91 Å². The zero-order valence-corrected chi connectivity index (χ0v) is 7.63. The van der Waals surface area contributed by atoms with Gasteiger partial charge in [-0.25, -0.2) is 0 Å². The van der Waals surface area contributed by atoms with E-state index >= 15 is 0 Å². The molecule has 0 aliphatic rings. The summed E-state index contributed by atoms with van der Waals surface area (Å²) in [5.74, 6) is 0.384. The first-order valence-corrected chi connectivity index (χ1v) is 4.03. The number of carbonyl (C=O) groups excluding carboxylic acids is 1. The average molecular weight is 158 g/mol. The molecule has 0 radical (unpaired) electrons. The van der Waals surface area contributed by atoms with E-state index in [1.807, 2.05) is 11.9 Å². The Kier molecular flexibility index (Phi) is 4.86. The van der Waals surface area contributed by atoms with Crippen LogP contribution in [0.15, 0.2) is 0 Å². The van der Waals surface area contributed by atoms with Gasteiger partial charge in [0.1, 0.15) is 0 Å². The third-order valence-electron chi connectivity index (χ3n) is 1.75. The zero-order chi connectivity index (χ0) is 8.85. The molecule has 0 aromatic heterocycles. The van der Waals surface area contributed by atoms with Gasteiger partial charge in [-0.2, -0.15) is 0 Å². The van der Waals surface area contributed by atoms with E-state index in [0.29, 0.717) is 12.5 Å². The summed E-state index contributed by atoms with van der Waals surface area (Å²) in [6.07, 6.45) is 1.14. The second-order valence-electron chi connectivity index (χ2n) is 3.18. The Balaban J connectivity index is 3.51. The van der Waals surface area contributed by atoms with Crippen molar-refractivity contribution < 1.29 is 4.79 Å². The van der Waals surface area contributed by atoms with Crippen LogP contribution in [0.3, 0.4) is 0 Å². The van der Waals surface area contributed by atoms with Crippen molar-refractivity contribution in [3.63, 3.8) is 0 Å². The van der Waals surface area contributed by atoms with Gasteiger partial charge in [0.2, 0.25) is 5.91 Å². The van der Waals surface area contributed by atoms with E-state index in [4.69, 9.17) is 5.73 Å². The fourth-order valence-corrected chi connectivity index (χ4v) is 0.992. The largest absolute Gasteiger partial charge is 0.369 e. The standard InChI is InChI=1S/C8H18N2O/c1-4-7(2)5-10(3)6-8(9)11/h7H,4-6H2,1-3H3,(H2,9,11). The highest BCUT2D eigenvalue weighted by atomic mass is 16.1. The zero-order valence-electron chi connectivity index (χ0n) is 7.63. The van der Waals surface area contributed by atoms with Crippen LogP contribution in [0.2, 0.25) is 0 Å². The van der Waals surface area contributed by atoms with Crippen LogP contribution in [-0.2, 0) is 4.79 Å². The van der Waals surface area contributed by atoms with E-state index in [9.17, 15) is 4.79 Å². The summed E-state index contributed by atoms with van der Waals surface area (Å²) in [5, 5.41) is 0. The Bertz CT molecular complexity index is 125. The molecular weight excluding hydrogens is 140 g/mol. The van der Waals surface area contributed by atoms with E-state index in [0.717, 1.165) is 13.0 Å². The van der Waals surface area contributed by atoms with Gasteiger partial charge in [0, 0.05) is 6.54 Å². The quantitative estimate of drug-likeness (QED) is 0.631. The highest BCUT2D eigenvalue weighted by Crippen LogP contribution is 2.01. The van der Waals surface area contributed by atoms with Gasteiger partial charge in [-0.05, 0) is 13.0 Å². The highest BCUT2D eigenvalue weighted by molar-refractivity contribution is 5.75. The van der Waals surface area contributed by atoms with Crippen molar-refractivity contribution in [3.8, 4) is 0 Å². The fourth-order valence-electron chi connectivity index (χ4n) is 0.992. The summed E-state index contributed by atoms with van der Waals surface area (Å²) in [6.45, 7) is 5.62. The van der Waals surface area contributed by atoms with Crippen molar-refractivity contribution >= 4 is 5.91 Å². The van der Waals surface area contributed by atoms with Crippen LogP contribution in [0.1, 0.15) is 20.3 Å². The molecule has 1 atom stereocenters. The number of amides is 1. The van der Waals surface area contributed by atoms with Gasteiger partial charge in [-0.15, -0.1) is 0 Å². The lowest BCUT2D eigenvalue weighted by molar-refractivity contribution is -0.118. The molecule has 3 heteroatoms. The summed E-state index contributed by atoms with van der Waals surface area (Å²) in [7, 11) is 1.91. The van der Waals surface area contributed by atoms with Crippen molar-refractivity contribution in [2.45, 2.75) is 20.3 Å². The average Bonchev–Trinajstić information content (AvgIpc) is 1.85. The van der Waals surface area contributed by atoms with E-state index < -0.39 is 0 Å². The molecule has 0 spiro atoms. The number of primary amides is 1. The van der Waals surface area contributed by atoms with Crippen LogP contribution in [0.4, 0.5) is 0 Å². The van der Waals surface area contributed by atoms with Gasteiger partial charge in [0.05, 0.1) is 6.54 Å². The molecule has 2 N–H and O–H groups in total. The topological polar surface area (TPSA) is 46.3 Å². The molecule has 3 nitrogen and oxygen atoms in total. The predicted molar refractivity (Wildman–Crippen MR) is 46.1 cm³/mol. The van der Waals surface area contributed by atoms with Crippen molar-refractivity contribution in [2.24, 2.45) is 11.7 Å². The number of hydrogen-bond donors (Lipinski definition) is 1. The predicted octanol–water partition coefficient (Wildman–Crippen LogP) is 0.450. The van der Waals surface area contributed by atoms with Gasteiger partial charge < -0.3 is 5.73 Å². The molecule has 0 saturated heterocycles. The summed E-state index contributed by atoms with van der Waals surface area (Å²) >= 11 is 0. The van der Waals surface area contributed by atoms with Gasteiger partial charge in [0.25, 0.3) is 0 Å². The van der Waals surface area contributed by atoms with Crippen molar-refractivity contribution in [1.29, 1.82) is 0 Å². The van der Waals surface area contributed by atoms with Crippen LogP contribution in [-0.4, -0.2) is 30.9 Å². The SMILES string of the molecule is CCC(C)CN(C)CC(N)=O. The highest BCUT2D eigenvalue weighted by Gasteiger charge is 2.05. The Labute approximate surface area is 68.6 Å². The normalized spacial score (nSPS) is 13.5. The molecule has 1 amide bonds. The first-order valence-electron chi connectivity index (χ1n) is 4.03. The minimum atomic E-state index is -0.254. The molecule has 0 heterocycles. The number of nitrogens with zero attached hydrogens (tertiary/aromatic N) is 1. The summed E-state index contributed by atoms with van der Waals surface area (Å²) in [4.78, 5) is 12.4. The minimum Gasteiger partial charge on any atom is -0.369 e. The molecule has 0 saturated carbocycles. The van der Waals surface area contributed by atoms with Gasteiger partial charge in [-0.1, -0.05) is 20.3 Å². The van der Waals surface area contributed by atoms with Crippen LogP contribution >= 0.6 is 0 Å². The first-order chi connectivity index (χ1) is 5.06. The fraction of sp³-hybridized carbons (Fsp3) is 0.875. The van der Waals surface area contributed by atoms with Crippen molar-refractivity contribution in [2.75, 3.05) is 20.1 Å². The van der Waals surface area contributed by atoms with E-state index in [1.165, 1.54) is 0 Å². The Morgan fingerprint density at radius 1 is 1.64 bits per heavy atom. The second kappa shape index (κ2) is 5.13. The molecule has 0 bridgehead atoms. The van der Waals surface area contributed by atoms with E-state index in [2.05, 4.69) is 13.8 Å². The molecular formula is C8H18N2O. The molecule has 0 rings (SSSR count). The lowest BCUT2D eigenvalue weighted by atomic mass is 10.1. The molecule has 0 aromatic rings. The van der Waals surface area contributed by atoms with Gasteiger partial charge in [0.15, 0.2) is 0 Å². The molecule has 0 aliphatic heterocycles. The maximum Gasteiger partial charge on any atom is 0.231 e. The maximum atomic E-state index is 10.5. The third kappa shape index (κ3) is 5.85. The van der Waals surface area contributed by atoms with Crippen molar-refractivity contribution in [3.05, 3.63) is 0 Å². The van der Waals surface area contributed by atoms with Crippen LogP contribution in [0, 0.1) is 5.92 Å². The number of nitrogens with two attached hydrogens (primary N) is 1. The maximum absolute atomic E-state index is 10.5. The van der Waals surface area contributed by atoms with Crippen molar-refractivity contribution in [1.82, 2.24) is 4.90 Å². The molecule has 0 fully saturated rings. The van der Waals surface area contributed by atoms with Gasteiger partial charge >= 0.3 is 0 Å². The number of carbonyl (C=O) groups is 1. The molecule has 11 heavy (non-hydrogen) atoms. The summed E-state index contributed by atoms with van der Waals surface area (Å²) in [6, 6.07) is 0. The summed E-state index contributed by atoms with van der Waals surface area (Å²) in [5.41, 5.74) is 5.03. The molecule has 0 aliphatic carbocycles. The Morgan fingerprint density at radius 2 is 2.18 bits per heavy atom. The third-order valence-corrected chi connectivity index (χ3v) is 1.75. The van der Waals surface area contributed by atoms with E-state index in [1.54, 1.807) is 0 Å². The Hall–Kier alpha value is -0.570. The minimum absolute atomic E-state index is 0.254.